The Labute approximate surface area is 202 Å². The molecule has 0 atom stereocenters. The minimum Gasteiger partial charge on any atom is -0.462 e. The van der Waals surface area contributed by atoms with Crippen LogP contribution in [0.15, 0.2) is 84.9 Å². The molecular weight excluding hydrogens is 457 g/mol. The van der Waals surface area contributed by atoms with Crippen LogP contribution in [0.2, 0.25) is 10.0 Å². The van der Waals surface area contributed by atoms with Crippen molar-refractivity contribution in [1.82, 2.24) is 0 Å². The van der Waals surface area contributed by atoms with Crippen LogP contribution in [-0.2, 0) is 11.3 Å². The van der Waals surface area contributed by atoms with E-state index in [9.17, 15) is 9.59 Å². The van der Waals surface area contributed by atoms with Gasteiger partial charge in [0.2, 0.25) is 0 Å². The number of carbonyl (C=O) groups is 2. The van der Waals surface area contributed by atoms with Gasteiger partial charge in [0.25, 0.3) is 5.91 Å². The second-order valence-corrected chi connectivity index (χ2v) is 8.20. The highest BCUT2D eigenvalue weighted by atomic mass is 35.5. The molecule has 6 heteroatoms. The standard InChI is InChI=1S/C27H21Cl2NO3/c1-2-33-27(32)19-13-15-20(16-14-19)30(17-23-24(28)11-6-12-25(23)29)26(31)22-10-5-8-18-7-3-4-9-21(18)22/h3-16H,2,17H2,1H3. The van der Waals surface area contributed by atoms with Gasteiger partial charge >= 0.3 is 5.97 Å². The minimum atomic E-state index is -0.412. The number of ether oxygens (including phenoxy) is 1. The van der Waals surface area contributed by atoms with Crippen LogP contribution in [0.25, 0.3) is 10.8 Å². The fourth-order valence-corrected chi connectivity index (χ4v) is 4.19. The molecule has 0 N–H and O–H groups in total. The van der Waals surface area contributed by atoms with Crippen molar-refractivity contribution in [2.45, 2.75) is 13.5 Å². The Balaban J connectivity index is 1.79. The zero-order valence-electron chi connectivity index (χ0n) is 17.9. The third-order valence-corrected chi connectivity index (χ3v) is 6.04. The lowest BCUT2D eigenvalue weighted by Crippen LogP contribution is -2.31. The van der Waals surface area contributed by atoms with Gasteiger partial charge in [-0.15, -0.1) is 0 Å². The number of esters is 1. The highest BCUT2D eigenvalue weighted by Gasteiger charge is 2.22. The van der Waals surface area contributed by atoms with E-state index < -0.39 is 5.97 Å². The Morgan fingerprint density at radius 2 is 1.45 bits per heavy atom. The van der Waals surface area contributed by atoms with E-state index in [1.165, 1.54) is 0 Å². The summed E-state index contributed by atoms with van der Waals surface area (Å²) in [4.78, 5) is 27.5. The van der Waals surface area contributed by atoms with Crippen molar-refractivity contribution in [3.63, 3.8) is 0 Å². The van der Waals surface area contributed by atoms with Crippen molar-refractivity contribution in [2.75, 3.05) is 11.5 Å². The second kappa shape index (κ2) is 10.1. The predicted molar refractivity (Wildman–Crippen MR) is 133 cm³/mol. The van der Waals surface area contributed by atoms with Crippen LogP contribution < -0.4 is 4.90 Å². The summed E-state index contributed by atoms with van der Waals surface area (Å²) < 4.78 is 5.07. The molecule has 1 amide bonds. The van der Waals surface area contributed by atoms with Crippen LogP contribution in [0, 0.1) is 0 Å². The molecule has 4 aromatic carbocycles. The quantitative estimate of drug-likeness (QED) is 0.276. The summed E-state index contributed by atoms with van der Waals surface area (Å²) in [5, 5.41) is 2.77. The first-order valence-electron chi connectivity index (χ1n) is 10.5. The summed E-state index contributed by atoms with van der Waals surface area (Å²) >= 11 is 12.8. The molecule has 0 aliphatic heterocycles. The van der Waals surface area contributed by atoms with E-state index in [1.807, 2.05) is 36.4 Å². The van der Waals surface area contributed by atoms with E-state index >= 15 is 0 Å². The number of amides is 1. The average Bonchev–Trinajstić information content (AvgIpc) is 2.83. The van der Waals surface area contributed by atoms with E-state index in [1.54, 1.807) is 60.4 Å². The van der Waals surface area contributed by atoms with Gasteiger partial charge in [-0.25, -0.2) is 4.79 Å². The van der Waals surface area contributed by atoms with Gasteiger partial charge in [-0.1, -0.05) is 65.7 Å². The van der Waals surface area contributed by atoms with Gasteiger partial charge in [0.1, 0.15) is 0 Å². The number of anilines is 1. The molecule has 166 valence electrons. The summed E-state index contributed by atoms with van der Waals surface area (Å²) in [6.45, 7) is 2.21. The fourth-order valence-electron chi connectivity index (χ4n) is 3.67. The van der Waals surface area contributed by atoms with Crippen molar-refractivity contribution in [1.29, 1.82) is 0 Å². The molecule has 4 rings (SSSR count). The fraction of sp³-hybridized carbons (Fsp3) is 0.111. The van der Waals surface area contributed by atoms with Crippen molar-refractivity contribution >= 4 is 51.5 Å². The molecule has 33 heavy (non-hydrogen) atoms. The van der Waals surface area contributed by atoms with Crippen molar-refractivity contribution in [2.24, 2.45) is 0 Å². The van der Waals surface area contributed by atoms with Crippen molar-refractivity contribution < 1.29 is 14.3 Å². The molecule has 0 saturated carbocycles. The van der Waals surface area contributed by atoms with Gasteiger partial charge in [-0.3, -0.25) is 4.79 Å². The zero-order valence-corrected chi connectivity index (χ0v) is 19.4. The van der Waals surface area contributed by atoms with Crippen LogP contribution in [-0.4, -0.2) is 18.5 Å². The molecule has 0 spiro atoms. The van der Waals surface area contributed by atoms with Crippen LogP contribution in [0.3, 0.4) is 0 Å². The monoisotopic (exact) mass is 477 g/mol. The SMILES string of the molecule is CCOC(=O)c1ccc(N(Cc2c(Cl)cccc2Cl)C(=O)c2cccc3ccccc23)cc1. The molecule has 0 radical (unpaired) electrons. The number of carbonyl (C=O) groups excluding carboxylic acids is 2. The third kappa shape index (κ3) is 4.87. The molecule has 0 saturated heterocycles. The van der Waals surface area contributed by atoms with Gasteiger partial charge in [-0.05, 0) is 60.2 Å². The van der Waals surface area contributed by atoms with Gasteiger partial charge in [-0.2, -0.15) is 0 Å². The lowest BCUT2D eigenvalue weighted by atomic mass is 10.0. The van der Waals surface area contributed by atoms with E-state index in [0.717, 1.165) is 10.8 Å². The first-order chi connectivity index (χ1) is 16.0. The molecule has 0 aliphatic rings. The highest BCUT2D eigenvalue weighted by molar-refractivity contribution is 6.36. The smallest absolute Gasteiger partial charge is 0.338 e. The maximum absolute atomic E-state index is 13.9. The zero-order chi connectivity index (χ0) is 23.4. The number of hydrogen-bond acceptors (Lipinski definition) is 3. The van der Waals surface area contributed by atoms with E-state index in [0.29, 0.717) is 32.4 Å². The lowest BCUT2D eigenvalue weighted by molar-refractivity contribution is 0.0526. The van der Waals surface area contributed by atoms with Crippen LogP contribution in [0.5, 0.6) is 0 Å². The molecule has 4 nitrogen and oxygen atoms in total. The predicted octanol–water partition coefficient (Wildman–Crippen LogP) is 7.17. The Kier molecular flexibility index (Phi) is 6.97. The van der Waals surface area contributed by atoms with Crippen LogP contribution in [0.4, 0.5) is 5.69 Å². The summed E-state index contributed by atoms with van der Waals surface area (Å²) in [7, 11) is 0. The van der Waals surface area contributed by atoms with E-state index in [-0.39, 0.29) is 19.1 Å². The molecule has 0 heterocycles. The van der Waals surface area contributed by atoms with Crippen molar-refractivity contribution in [3.8, 4) is 0 Å². The van der Waals surface area contributed by atoms with Crippen LogP contribution >= 0.6 is 23.2 Å². The summed E-state index contributed by atoms with van der Waals surface area (Å²) in [6, 6.07) is 25.3. The minimum absolute atomic E-state index is 0.166. The maximum Gasteiger partial charge on any atom is 0.338 e. The van der Waals surface area contributed by atoms with E-state index in [2.05, 4.69) is 0 Å². The maximum atomic E-state index is 13.9. The summed E-state index contributed by atoms with van der Waals surface area (Å²) in [5.74, 6) is -0.614. The molecule has 0 fully saturated rings. The molecular formula is C27H21Cl2NO3. The van der Waals surface area contributed by atoms with Gasteiger partial charge in [0.05, 0.1) is 18.7 Å². The second-order valence-electron chi connectivity index (χ2n) is 7.39. The number of nitrogens with zero attached hydrogens (tertiary/aromatic N) is 1. The molecule has 0 bridgehead atoms. The Hall–Kier alpha value is -3.34. The van der Waals surface area contributed by atoms with Gasteiger partial charge in [0, 0.05) is 26.9 Å². The number of hydrogen-bond donors (Lipinski definition) is 0. The average molecular weight is 478 g/mol. The number of benzene rings is 4. The van der Waals surface area contributed by atoms with Crippen molar-refractivity contribution in [3.05, 3.63) is 112 Å². The lowest BCUT2D eigenvalue weighted by Gasteiger charge is -2.25. The van der Waals surface area contributed by atoms with Gasteiger partial charge < -0.3 is 9.64 Å². The molecule has 0 aromatic heterocycles. The summed E-state index contributed by atoms with van der Waals surface area (Å²) in [6.07, 6.45) is 0. The summed E-state index contributed by atoms with van der Waals surface area (Å²) in [5.41, 5.74) is 2.22. The largest absolute Gasteiger partial charge is 0.462 e. The topological polar surface area (TPSA) is 46.6 Å². The molecule has 4 aromatic rings. The Bertz CT molecular complexity index is 1290. The number of rotatable bonds is 6. The third-order valence-electron chi connectivity index (χ3n) is 5.33. The Morgan fingerprint density at radius 1 is 0.818 bits per heavy atom. The number of halogens is 2. The highest BCUT2D eigenvalue weighted by Crippen LogP contribution is 2.30. The first kappa shape index (κ1) is 22.8. The molecule has 0 unspecified atom stereocenters. The first-order valence-corrected chi connectivity index (χ1v) is 11.2. The Morgan fingerprint density at radius 3 is 2.15 bits per heavy atom. The number of fused-ring (bicyclic) bond motifs is 1. The van der Waals surface area contributed by atoms with E-state index in [4.69, 9.17) is 27.9 Å². The van der Waals surface area contributed by atoms with Crippen LogP contribution in [0.1, 0.15) is 33.2 Å². The molecule has 0 aliphatic carbocycles. The van der Waals surface area contributed by atoms with Gasteiger partial charge in [0.15, 0.2) is 0 Å². The normalized spacial score (nSPS) is 10.8.